The highest BCUT2D eigenvalue weighted by Gasteiger charge is 2.39. The molecule has 1 aromatic rings. The van der Waals surface area contributed by atoms with Gasteiger partial charge in [0.15, 0.2) is 0 Å². The lowest BCUT2D eigenvalue weighted by atomic mass is 9.79. The van der Waals surface area contributed by atoms with Gasteiger partial charge >= 0.3 is 0 Å². The molecule has 1 amide bonds. The average Bonchev–Trinajstić information content (AvgIpc) is 2.50. The van der Waals surface area contributed by atoms with E-state index < -0.39 is 5.41 Å². The molecule has 0 bridgehead atoms. The standard InChI is InChI=1S/C15H22N2O3/c1-2-11-3-4-13(18)12(9-11)17-14(19)15(10-16)5-7-20-8-6-15/h3-4,9,18H,2,5-8,10,16H2,1H3,(H,17,19). The number of carbonyl (C=O) groups excluding carboxylic acids is 1. The minimum atomic E-state index is -0.590. The van der Waals surface area contributed by atoms with E-state index in [9.17, 15) is 9.90 Å². The Hall–Kier alpha value is -1.59. The molecule has 1 fully saturated rings. The number of hydrogen-bond donors (Lipinski definition) is 3. The molecule has 110 valence electrons. The van der Waals surface area contributed by atoms with Crippen LogP contribution in [0.15, 0.2) is 18.2 Å². The van der Waals surface area contributed by atoms with E-state index in [4.69, 9.17) is 10.5 Å². The second-order valence-corrected chi connectivity index (χ2v) is 5.26. The average molecular weight is 278 g/mol. The number of benzene rings is 1. The molecule has 0 unspecified atom stereocenters. The van der Waals surface area contributed by atoms with Crippen molar-refractivity contribution in [3.05, 3.63) is 23.8 Å². The number of anilines is 1. The number of amides is 1. The monoisotopic (exact) mass is 278 g/mol. The fourth-order valence-corrected chi connectivity index (χ4v) is 2.44. The molecule has 0 saturated carbocycles. The van der Waals surface area contributed by atoms with Gasteiger partial charge in [0, 0.05) is 19.8 Å². The van der Waals surface area contributed by atoms with Gasteiger partial charge in [-0.15, -0.1) is 0 Å². The zero-order chi connectivity index (χ0) is 14.6. The fourth-order valence-electron chi connectivity index (χ4n) is 2.44. The van der Waals surface area contributed by atoms with Crippen LogP contribution in [-0.4, -0.2) is 30.8 Å². The third-order valence-corrected chi connectivity index (χ3v) is 4.04. The summed E-state index contributed by atoms with van der Waals surface area (Å²) >= 11 is 0. The molecular weight excluding hydrogens is 256 g/mol. The molecule has 0 aromatic heterocycles. The maximum Gasteiger partial charge on any atom is 0.232 e. The molecule has 1 heterocycles. The Kier molecular flexibility index (Phi) is 4.62. The fraction of sp³-hybridized carbons (Fsp3) is 0.533. The van der Waals surface area contributed by atoms with E-state index in [-0.39, 0.29) is 18.2 Å². The van der Waals surface area contributed by atoms with Crippen LogP contribution in [0.4, 0.5) is 5.69 Å². The van der Waals surface area contributed by atoms with Crippen LogP contribution < -0.4 is 11.1 Å². The molecule has 1 aliphatic heterocycles. The van der Waals surface area contributed by atoms with Crippen molar-refractivity contribution >= 4 is 11.6 Å². The van der Waals surface area contributed by atoms with Crippen LogP contribution in [0.1, 0.15) is 25.3 Å². The Bertz CT molecular complexity index is 482. The number of aryl methyl sites for hydroxylation is 1. The summed E-state index contributed by atoms with van der Waals surface area (Å²) in [5.41, 5.74) is 6.73. The first-order valence-corrected chi connectivity index (χ1v) is 7.02. The molecule has 1 aromatic carbocycles. The Morgan fingerprint density at radius 2 is 2.15 bits per heavy atom. The summed E-state index contributed by atoms with van der Waals surface area (Å²) in [6.45, 7) is 3.41. The highest BCUT2D eigenvalue weighted by atomic mass is 16.5. The van der Waals surface area contributed by atoms with Crippen LogP contribution in [0.3, 0.4) is 0 Å². The van der Waals surface area contributed by atoms with Gasteiger partial charge < -0.3 is 20.9 Å². The van der Waals surface area contributed by atoms with Gasteiger partial charge in [-0.1, -0.05) is 13.0 Å². The number of rotatable bonds is 4. The summed E-state index contributed by atoms with van der Waals surface area (Å²) in [6.07, 6.45) is 2.08. The smallest absolute Gasteiger partial charge is 0.232 e. The normalized spacial score (nSPS) is 17.7. The predicted molar refractivity (Wildman–Crippen MR) is 77.7 cm³/mol. The van der Waals surface area contributed by atoms with E-state index in [1.165, 1.54) is 0 Å². The molecule has 0 radical (unpaired) electrons. The van der Waals surface area contributed by atoms with Crippen molar-refractivity contribution in [1.29, 1.82) is 0 Å². The molecule has 0 spiro atoms. The van der Waals surface area contributed by atoms with Crippen molar-refractivity contribution in [2.45, 2.75) is 26.2 Å². The van der Waals surface area contributed by atoms with E-state index in [2.05, 4.69) is 5.32 Å². The lowest BCUT2D eigenvalue weighted by Crippen LogP contribution is -2.46. The Morgan fingerprint density at radius 1 is 1.45 bits per heavy atom. The maximum atomic E-state index is 12.5. The van der Waals surface area contributed by atoms with E-state index >= 15 is 0 Å². The second kappa shape index (κ2) is 6.24. The van der Waals surface area contributed by atoms with Crippen LogP contribution in [-0.2, 0) is 16.0 Å². The minimum absolute atomic E-state index is 0.0785. The number of carbonyl (C=O) groups is 1. The first-order valence-electron chi connectivity index (χ1n) is 7.02. The van der Waals surface area contributed by atoms with E-state index in [1.807, 2.05) is 13.0 Å². The van der Waals surface area contributed by atoms with E-state index in [1.54, 1.807) is 12.1 Å². The van der Waals surface area contributed by atoms with Gasteiger partial charge in [-0.25, -0.2) is 0 Å². The van der Waals surface area contributed by atoms with E-state index in [0.29, 0.717) is 31.7 Å². The largest absolute Gasteiger partial charge is 0.506 e. The van der Waals surface area contributed by atoms with E-state index in [0.717, 1.165) is 12.0 Å². The molecule has 5 nitrogen and oxygen atoms in total. The van der Waals surface area contributed by atoms with Gasteiger partial charge in [0.25, 0.3) is 0 Å². The third-order valence-electron chi connectivity index (χ3n) is 4.04. The first kappa shape index (κ1) is 14.8. The lowest BCUT2D eigenvalue weighted by molar-refractivity contribution is -0.130. The summed E-state index contributed by atoms with van der Waals surface area (Å²) in [6, 6.07) is 5.25. The van der Waals surface area contributed by atoms with Crippen LogP contribution >= 0.6 is 0 Å². The number of nitrogens with one attached hydrogen (secondary N) is 1. The predicted octanol–water partition coefficient (Wildman–Crippen LogP) is 1.65. The summed E-state index contributed by atoms with van der Waals surface area (Å²) in [7, 11) is 0. The van der Waals surface area contributed by atoms with Crippen LogP contribution in [0.2, 0.25) is 0 Å². The molecule has 0 atom stereocenters. The number of aromatic hydroxyl groups is 1. The van der Waals surface area contributed by atoms with Crippen LogP contribution in [0, 0.1) is 5.41 Å². The van der Waals surface area contributed by atoms with Crippen molar-refractivity contribution < 1.29 is 14.6 Å². The number of phenols is 1. The quantitative estimate of drug-likeness (QED) is 0.731. The Morgan fingerprint density at radius 3 is 2.75 bits per heavy atom. The van der Waals surface area contributed by atoms with Gasteiger partial charge in [-0.2, -0.15) is 0 Å². The van der Waals surface area contributed by atoms with Crippen molar-refractivity contribution in [2.24, 2.45) is 11.1 Å². The number of phenolic OH excluding ortho intramolecular Hbond substituents is 1. The van der Waals surface area contributed by atoms with Crippen molar-refractivity contribution in [2.75, 3.05) is 25.1 Å². The van der Waals surface area contributed by atoms with Crippen LogP contribution in [0.5, 0.6) is 5.75 Å². The molecule has 4 N–H and O–H groups in total. The Labute approximate surface area is 119 Å². The number of hydrogen-bond acceptors (Lipinski definition) is 4. The van der Waals surface area contributed by atoms with Crippen molar-refractivity contribution in [3.63, 3.8) is 0 Å². The topological polar surface area (TPSA) is 84.6 Å². The highest BCUT2D eigenvalue weighted by Crippen LogP contribution is 2.33. The summed E-state index contributed by atoms with van der Waals surface area (Å²) in [4.78, 5) is 12.5. The van der Waals surface area contributed by atoms with Gasteiger partial charge in [-0.3, -0.25) is 4.79 Å². The number of ether oxygens (including phenoxy) is 1. The Balaban J connectivity index is 2.18. The number of nitrogens with two attached hydrogens (primary N) is 1. The molecule has 2 rings (SSSR count). The SMILES string of the molecule is CCc1ccc(O)c(NC(=O)C2(CN)CCOCC2)c1. The molecule has 1 saturated heterocycles. The van der Waals surface area contributed by atoms with Crippen molar-refractivity contribution in [3.8, 4) is 5.75 Å². The molecule has 0 aliphatic carbocycles. The van der Waals surface area contributed by atoms with Crippen molar-refractivity contribution in [1.82, 2.24) is 0 Å². The van der Waals surface area contributed by atoms with Gasteiger partial charge in [0.2, 0.25) is 5.91 Å². The zero-order valence-corrected chi connectivity index (χ0v) is 11.8. The molecular formula is C15H22N2O3. The van der Waals surface area contributed by atoms with Gasteiger partial charge in [-0.05, 0) is 37.0 Å². The molecule has 5 heteroatoms. The van der Waals surface area contributed by atoms with Gasteiger partial charge in [0.05, 0.1) is 11.1 Å². The summed E-state index contributed by atoms with van der Waals surface area (Å²) in [5.74, 6) is -0.0540. The van der Waals surface area contributed by atoms with Crippen LogP contribution in [0.25, 0.3) is 0 Å². The first-order chi connectivity index (χ1) is 9.61. The second-order valence-electron chi connectivity index (χ2n) is 5.26. The third kappa shape index (κ3) is 2.94. The summed E-state index contributed by atoms with van der Waals surface area (Å²) in [5, 5.41) is 12.7. The molecule has 1 aliphatic rings. The zero-order valence-electron chi connectivity index (χ0n) is 11.8. The lowest BCUT2D eigenvalue weighted by Gasteiger charge is -2.34. The van der Waals surface area contributed by atoms with Gasteiger partial charge in [0.1, 0.15) is 5.75 Å². The highest BCUT2D eigenvalue weighted by molar-refractivity contribution is 5.96. The minimum Gasteiger partial charge on any atom is -0.506 e. The maximum absolute atomic E-state index is 12.5. The summed E-state index contributed by atoms with van der Waals surface area (Å²) < 4.78 is 5.30. The molecule has 20 heavy (non-hydrogen) atoms.